The van der Waals surface area contributed by atoms with E-state index in [2.05, 4.69) is 10.2 Å². The predicted octanol–water partition coefficient (Wildman–Crippen LogP) is 2.55. The molecule has 6 nitrogen and oxygen atoms in total. The summed E-state index contributed by atoms with van der Waals surface area (Å²) >= 11 is 3.00. The van der Waals surface area contributed by atoms with Crippen LogP contribution in [-0.4, -0.2) is 48.5 Å². The second-order valence-corrected chi connectivity index (χ2v) is 6.61. The lowest BCUT2D eigenvalue weighted by Gasteiger charge is -2.16. The maximum absolute atomic E-state index is 12.3. The van der Waals surface area contributed by atoms with Crippen LogP contribution in [0, 0.1) is 0 Å². The van der Waals surface area contributed by atoms with Gasteiger partial charge in [-0.15, -0.1) is 10.2 Å². The van der Waals surface area contributed by atoms with E-state index in [-0.39, 0.29) is 12.5 Å². The number of hydrogen-bond acceptors (Lipinski definition) is 7. The van der Waals surface area contributed by atoms with Crippen molar-refractivity contribution < 1.29 is 14.3 Å². The summed E-state index contributed by atoms with van der Waals surface area (Å²) in [7, 11) is 4.94. The minimum atomic E-state index is -0.143. The Morgan fingerprint density at radius 3 is 2.73 bits per heavy atom. The van der Waals surface area contributed by atoms with Gasteiger partial charge in [-0.2, -0.15) is 0 Å². The summed E-state index contributed by atoms with van der Waals surface area (Å²) in [6.45, 7) is 0.242. The first-order valence-electron chi connectivity index (χ1n) is 6.44. The van der Waals surface area contributed by atoms with Gasteiger partial charge in [-0.3, -0.25) is 4.79 Å². The molecule has 1 aromatic carbocycles. The van der Waals surface area contributed by atoms with Crippen molar-refractivity contribution in [3.8, 4) is 11.5 Å². The molecular weight excluding hydrogens is 322 g/mol. The zero-order valence-corrected chi connectivity index (χ0v) is 14.5. The molecule has 0 N–H and O–H groups in total. The normalized spacial score (nSPS) is 10.4. The van der Waals surface area contributed by atoms with Gasteiger partial charge in [-0.05, 0) is 18.4 Å². The second kappa shape index (κ2) is 7.46. The highest BCUT2D eigenvalue weighted by molar-refractivity contribution is 8.00. The molecule has 0 fully saturated rings. The first-order valence-corrected chi connectivity index (χ1v) is 8.48. The number of thioether (sulfide) groups is 1. The van der Waals surface area contributed by atoms with E-state index in [0.717, 1.165) is 9.35 Å². The van der Waals surface area contributed by atoms with Gasteiger partial charge in [0, 0.05) is 14.1 Å². The monoisotopic (exact) mass is 339 g/mol. The van der Waals surface area contributed by atoms with E-state index in [1.54, 1.807) is 39.4 Å². The number of rotatable bonds is 6. The number of para-hydroxylation sites is 1. The van der Waals surface area contributed by atoms with Gasteiger partial charge in [-0.1, -0.05) is 29.2 Å². The Labute approximate surface area is 137 Å². The number of ether oxygens (including phenoxy) is 2. The van der Waals surface area contributed by atoms with E-state index < -0.39 is 0 Å². The summed E-state index contributed by atoms with van der Waals surface area (Å²) in [5.41, 5.74) is 0.457. The van der Waals surface area contributed by atoms with Crippen molar-refractivity contribution >= 4 is 29.0 Å². The zero-order valence-electron chi connectivity index (χ0n) is 12.8. The van der Waals surface area contributed by atoms with Gasteiger partial charge in [-0.25, -0.2) is 0 Å². The third-order valence-corrected chi connectivity index (χ3v) is 4.67. The van der Waals surface area contributed by atoms with Crippen molar-refractivity contribution in [3.05, 3.63) is 28.8 Å². The Balaban J connectivity index is 2.25. The SMILES string of the molecule is COc1cccc(C(=O)N(C)C)c1OCc1nnc(SC)s1. The molecule has 2 rings (SSSR count). The summed E-state index contributed by atoms with van der Waals surface area (Å²) in [5.74, 6) is 0.794. The van der Waals surface area contributed by atoms with Gasteiger partial charge in [0.05, 0.1) is 12.7 Å². The topological polar surface area (TPSA) is 64.5 Å². The summed E-state index contributed by atoms with van der Waals surface area (Å²) in [6, 6.07) is 5.24. The first-order chi connectivity index (χ1) is 10.6. The number of carbonyl (C=O) groups is 1. The third kappa shape index (κ3) is 3.69. The minimum Gasteiger partial charge on any atom is -0.493 e. The highest BCUT2D eigenvalue weighted by atomic mass is 32.2. The highest BCUT2D eigenvalue weighted by Crippen LogP contribution is 2.33. The highest BCUT2D eigenvalue weighted by Gasteiger charge is 2.19. The Kier molecular flexibility index (Phi) is 5.62. The van der Waals surface area contributed by atoms with Gasteiger partial charge in [0.15, 0.2) is 20.8 Å². The molecule has 118 valence electrons. The molecule has 22 heavy (non-hydrogen) atoms. The molecule has 0 radical (unpaired) electrons. The van der Waals surface area contributed by atoms with Crippen LogP contribution < -0.4 is 9.47 Å². The molecular formula is C14H17N3O3S2. The number of amides is 1. The lowest BCUT2D eigenvalue weighted by molar-refractivity contribution is 0.0822. The maximum Gasteiger partial charge on any atom is 0.257 e. The summed E-state index contributed by atoms with van der Waals surface area (Å²) in [5, 5.41) is 8.82. The molecule has 0 saturated heterocycles. The van der Waals surface area contributed by atoms with Crippen molar-refractivity contribution in [3.63, 3.8) is 0 Å². The molecule has 0 aliphatic carbocycles. The minimum absolute atomic E-state index is 0.143. The third-order valence-electron chi connectivity index (χ3n) is 2.80. The summed E-state index contributed by atoms with van der Waals surface area (Å²) in [4.78, 5) is 13.8. The lowest BCUT2D eigenvalue weighted by atomic mass is 10.1. The van der Waals surface area contributed by atoms with E-state index >= 15 is 0 Å². The molecule has 0 aliphatic rings. The van der Waals surface area contributed by atoms with E-state index in [0.29, 0.717) is 17.1 Å². The Hall–Kier alpha value is -1.80. The Morgan fingerprint density at radius 1 is 1.36 bits per heavy atom. The molecule has 0 spiro atoms. The van der Waals surface area contributed by atoms with Crippen molar-refractivity contribution in [2.24, 2.45) is 0 Å². The average molecular weight is 339 g/mol. The number of carbonyl (C=O) groups excluding carboxylic acids is 1. The van der Waals surface area contributed by atoms with E-state index in [9.17, 15) is 4.79 Å². The second-order valence-electron chi connectivity index (χ2n) is 4.49. The molecule has 0 saturated carbocycles. The standard InChI is InChI=1S/C14H17N3O3S2/c1-17(2)13(18)9-6-5-7-10(19-3)12(9)20-8-11-15-16-14(21-4)22-11/h5-7H,8H2,1-4H3. The Bertz CT molecular complexity index is 659. The smallest absolute Gasteiger partial charge is 0.257 e. The van der Waals surface area contributed by atoms with Gasteiger partial charge in [0.25, 0.3) is 5.91 Å². The number of benzene rings is 1. The largest absolute Gasteiger partial charge is 0.493 e. The number of nitrogens with zero attached hydrogens (tertiary/aromatic N) is 3. The number of methoxy groups -OCH3 is 1. The maximum atomic E-state index is 12.3. The molecule has 8 heteroatoms. The average Bonchev–Trinajstić information content (AvgIpc) is 2.99. The van der Waals surface area contributed by atoms with Crippen molar-refractivity contribution in [1.29, 1.82) is 0 Å². The van der Waals surface area contributed by atoms with Gasteiger partial charge < -0.3 is 14.4 Å². The number of hydrogen-bond donors (Lipinski definition) is 0. The predicted molar refractivity (Wildman–Crippen MR) is 87.0 cm³/mol. The first kappa shape index (κ1) is 16.6. The molecule has 1 heterocycles. The fourth-order valence-electron chi connectivity index (χ4n) is 1.75. The van der Waals surface area contributed by atoms with Gasteiger partial charge >= 0.3 is 0 Å². The van der Waals surface area contributed by atoms with Crippen LogP contribution in [-0.2, 0) is 6.61 Å². The van der Waals surface area contributed by atoms with Crippen molar-refractivity contribution in [2.75, 3.05) is 27.5 Å². The Morgan fingerprint density at radius 2 is 2.14 bits per heavy atom. The van der Waals surface area contributed by atoms with Crippen molar-refractivity contribution in [2.45, 2.75) is 10.9 Å². The van der Waals surface area contributed by atoms with Crippen LogP contribution >= 0.6 is 23.1 Å². The fourth-order valence-corrected chi connectivity index (χ4v) is 2.97. The van der Waals surface area contributed by atoms with E-state index in [4.69, 9.17) is 9.47 Å². The molecule has 1 aromatic heterocycles. The van der Waals surface area contributed by atoms with Crippen LogP contribution in [0.2, 0.25) is 0 Å². The molecule has 0 aliphatic heterocycles. The summed E-state index contributed by atoms with van der Waals surface area (Å²) in [6.07, 6.45) is 1.94. The molecule has 2 aromatic rings. The van der Waals surface area contributed by atoms with Crippen LogP contribution in [0.15, 0.2) is 22.5 Å². The zero-order chi connectivity index (χ0) is 16.1. The van der Waals surface area contributed by atoms with Crippen LogP contribution in [0.1, 0.15) is 15.4 Å². The van der Waals surface area contributed by atoms with Gasteiger partial charge in [0.2, 0.25) is 0 Å². The molecule has 0 bridgehead atoms. The number of aromatic nitrogens is 2. The van der Waals surface area contributed by atoms with Crippen LogP contribution in [0.4, 0.5) is 0 Å². The molecule has 1 amide bonds. The fraction of sp³-hybridized carbons (Fsp3) is 0.357. The summed E-state index contributed by atoms with van der Waals surface area (Å²) < 4.78 is 12.0. The quantitative estimate of drug-likeness (QED) is 0.754. The van der Waals surface area contributed by atoms with Gasteiger partial charge in [0.1, 0.15) is 6.61 Å². The molecule has 0 unspecified atom stereocenters. The van der Waals surface area contributed by atoms with Crippen LogP contribution in [0.25, 0.3) is 0 Å². The lowest BCUT2D eigenvalue weighted by Crippen LogP contribution is -2.22. The van der Waals surface area contributed by atoms with Crippen LogP contribution in [0.5, 0.6) is 11.5 Å². The van der Waals surface area contributed by atoms with E-state index in [1.807, 2.05) is 6.26 Å². The van der Waals surface area contributed by atoms with Crippen LogP contribution in [0.3, 0.4) is 0 Å². The molecule has 0 atom stereocenters. The van der Waals surface area contributed by atoms with Crippen molar-refractivity contribution in [1.82, 2.24) is 15.1 Å². The van der Waals surface area contributed by atoms with E-state index in [1.165, 1.54) is 28.0 Å².